The summed E-state index contributed by atoms with van der Waals surface area (Å²) in [5.74, 6) is 1.15. The molecule has 0 bridgehead atoms. The summed E-state index contributed by atoms with van der Waals surface area (Å²) < 4.78 is 38.3. The van der Waals surface area contributed by atoms with Crippen LogP contribution in [0.5, 0.6) is 11.5 Å². The monoisotopic (exact) mass is 496 g/mol. The first-order valence-electron chi connectivity index (χ1n) is 11.5. The van der Waals surface area contributed by atoms with Crippen molar-refractivity contribution < 1.29 is 22.7 Å². The van der Waals surface area contributed by atoms with Crippen molar-refractivity contribution in [1.29, 1.82) is 0 Å². The van der Waals surface area contributed by atoms with Crippen LogP contribution in [0, 0.1) is 0 Å². The van der Waals surface area contributed by atoms with Crippen LogP contribution in [0.25, 0.3) is 0 Å². The van der Waals surface area contributed by atoms with E-state index in [-0.39, 0.29) is 16.8 Å². The van der Waals surface area contributed by atoms with Gasteiger partial charge in [-0.15, -0.1) is 0 Å². The molecule has 0 saturated heterocycles. The summed E-state index contributed by atoms with van der Waals surface area (Å²) in [6.45, 7) is 2.23. The molecule has 0 aliphatic heterocycles. The van der Waals surface area contributed by atoms with Crippen molar-refractivity contribution in [3.8, 4) is 11.5 Å². The number of carbonyl (C=O) groups excluding carboxylic acids is 1. The highest BCUT2D eigenvalue weighted by atomic mass is 32.2. The molecule has 0 fully saturated rings. The van der Waals surface area contributed by atoms with Gasteiger partial charge in [0.1, 0.15) is 0 Å². The van der Waals surface area contributed by atoms with Crippen molar-refractivity contribution in [3.05, 3.63) is 89.5 Å². The third-order valence-corrected chi connectivity index (χ3v) is 7.18. The quantitative estimate of drug-likeness (QED) is 0.395. The van der Waals surface area contributed by atoms with Crippen molar-refractivity contribution in [2.45, 2.75) is 37.1 Å². The first kappa shape index (κ1) is 26.2. The maximum atomic E-state index is 12.5. The number of benzene rings is 3. The lowest BCUT2D eigenvalue weighted by atomic mass is 10.1. The molecular formula is C27H32N2O5S. The summed E-state index contributed by atoms with van der Waals surface area (Å²) >= 11 is 0. The third kappa shape index (κ3) is 7.56. The zero-order chi connectivity index (χ0) is 25.3. The van der Waals surface area contributed by atoms with E-state index in [4.69, 9.17) is 9.47 Å². The first-order valence-corrected chi connectivity index (χ1v) is 12.9. The summed E-state index contributed by atoms with van der Waals surface area (Å²) in [7, 11) is -0.436. The van der Waals surface area contributed by atoms with Gasteiger partial charge >= 0.3 is 0 Å². The van der Waals surface area contributed by atoms with Gasteiger partial charge in [-0.05, 0) is 60.7 Å². The van der Waals surface area contributed by atoms with Gasteiger partial charge in [0, 0.05) is 13.0 Å². The maximum absolute atomic E-state index is 12.5. The van der Waals surface area contributed by atoms with E-state index in [0.29, 0.717) is 37.3 Å². The number of ether oxygens (including phenoxy) is 2. The highest BCUT2D eigenvalue weighted by molar-refractivity contribution is 7.89. The average Bonchev–Trinajstić information content (AvgIpc) is 2.87. The molecular weight excluding hydrogens is 464 g/mol. The second-order valence-corrected chi connectivity index (χ2v) is 9.95. The Labute approximate surface area is 207 Å². The van der Waals surface area contributed by atoms with Crippen LogP contribution >= 0.6 is 0 Å². The molecule has 1 amide bonds. The summed E-state index contributed by atoms with van der Waals surface area (Å²) in [6.07, 6.45) is 1.42. The second-order valence-electron chi connectivity index (χ2n) is 8.18. The van der Waals surface area contributed by atoms with Crippen LogP contribution < -0.4 is 19.5 Å². The number of amides is 1. The molecule has 0 saturated carbocycles. The molecule has 35 heavy (non-hydrogen) atoms. The normalized spacial score (nSPS) is 12.1. The molecule has 0 radical (unpaired) electrons. The first-order chi connectivity index (χ1) is 16.8. The lowest BCUT2D eigenvalue weighted by molar-refractivity contribution is -0.121. The van der Waals surface area contributed by atoms with Crippen molar-refractivity contribution in [2.75, 3.05) is 20.8 Å². The van der Waals surface area contributed by atoms with E-state index in [0.717, 1.165) is 16.7 Å². The van der Waals surface area contributed by atoms with E-state index >= 15 is 0 Å². The Hall–Kier alpha value is -3.36. The van der Waals surface area contributed by atoms with Gasteiger partial charge < -0.3 is 14.8 Å². The molecule has 0 unspecified atom stereocenters. The highest BCUT2D eigenvalue weighted by Crippen LogP contribution is 2.29. The maximum Gasteiger partial charge on any atom is 0.240 e. The van der Waals surface area contributed by atoms with Gasteiger partial charge in [-0.25, -0.2) is 13.1 Å². The summed E-state index contributed by atoms with van der Waals surface area (Å²) in [4.78, 5) is 12.7. The predicted octanol–water partition coefficient (Wildman–Crippen LogP) is 4.03. The number of hydrogen-bond donors (Lipinski definition) is 2. The van der Waals surface area contributed by atoms with Gasteiger partial charge in [0.15, 0.2) is 11.5 Å². The summed E-state index contributed by atoms with van der Waals surface area (Å²) in [6, 6.07) is 21.7. The molecule has 0 aromatic heterocycles. The van der Waals surface area contributed by atoms with Crippen LogP contribution in [0.3, 0.4) is 0 Å². The van der Waals surface area contributed by atoms with Crippen molar-refractivity contribution in [1.82, 2.24) is 10.0 Å². The Bertz CT molecular complexity index is 1210. The Morgan fingerprint density at radius 1 is 0.857 bits per heavy atom. The van der Waals surface area contributed by atoms with Crippen molar-refractivity contribution in [3.63, 3.8) is 0 Å². The molecule has 7 nitrogen and oxygen atoms in total. The summed E-state index contributed by atoms with van der Waals surface area (Å²) in [5.41, 5.74) is 2.87. The fourth-order valence-corrected chi connectivity index (χ4v) is 4.70. The van der Waals surface area contributed by atoms with Crippen molar-refractivity contribution in [2.24, 2.45) is 0 Å². The number of rotatable bonds is 12. The lowest BCUT2D eigenvalue weighted by Gasteiger charge is -2.16. The largest absolute Gasteiger partial charge is 0.493 e. The van der Waals surface area contributed by atoms with Gasteiger partial charge in [-0.3, -0.25) is 4.79 Å². The standard InChI is InChI=1S/C27H32N2O5S/c1-20(23-12-15-25(33-2)26(19-23)34-3)29-27(30)16-11-22-9-13-24(14-10-22)35(31,32)28-18-17-21-7-5-4-6-8-21/h4-10,12-15,19-20,28H,11,16-18H2,1-3H3,(H,29,30)/t20-/m0/s1. The molecule has 8 heteroatoms. The van der Waals surface area contributed by atoms with Crippen LogP contribution in [0.15, 0.2) is 77.7 Å². The molecule has 3 aromatic carbocycles. The van der Waals surface area contributed by atoms with E-state index < -0.39 is 10.0 Å². The number of carbonyl (C=O) groups is 1. The molecule has 3 rings (SSSR count). The van der Waals surface area contributed by atoms with E-state index in [1.807, 2.05) is 55.5 Å². The third-order valence-electron chi connectivity index (χ3n) is 5.71. The zero-order valence-electron chi connectivity index (χ0n) is 20.3. The van der Waals surface area contributed by atoms with Gasteiger partial charge in [-0.1, -0.05) is 48.5 Å². The minimum atomic E-state index is -3.58. The Kier molecular flexibility index (Phi) is 9.28. The van der Waals surface area contributed by atoms with Crippen LogP contribution in [0.4, 0.5) is 0 Å². The molecule has 3 aromatic rings. The Balaban J connectivity index is 1.49. The average molecular weight is 497 g/mol. The van der Waals surface area contributed by atoms with Crippen LogP contribution in [-0.2, 0) is 27.7 Å². The van der Waals surface area contributed by atoms with Crippen LogP contribution in [0.1, 0.15) is 36.1 Å². The SMILES string of the molecule is COc1ccc([C@H](C)NC(=O)CCc2ccc(S(=O)(=O)NCCc3ccccc3)cc2)cc1OC. The molecule has 0 spiro atoms. The fourth-order valence-electron chi connectivity index (χ4n) is 3.67. The minimum absolute atomic E-state index is 0.0911. The van der Waals surface area contributed by atoms with E-state index in [1.165, 1.54) is 0 Å². The lowest BCUT2D eigenvalue weighted by Crippen LogP contribution is -2.27. The molecule has 186 valence electrons. The van der Waals surface area contributed by atoms with Crippen LogP contribution in [0.2, 0.25) is 0 Å². The number of sulfonamides is 1. The molecule has 1 atom stereocenters. The molecule has 2 N–H and O–H groups in total. The summed E-state index contributed by atoms with van der Waals surface area (Å²) in [5, 5.41) is 2.99. The zero-order valence-corrected chi connectivity index (χ0v) is 21.1. The highest BCUT2D eigenvalue weighted by Gasteiger charge is 2.15. The number of aryl methyl sites for hydroxylation is 1. The molecule has 0 heterocycles. The van der Waals surface area contributed by atoms with E-state index in [9.17, 15) is 13.2 Å². The van der Waals surface area contributed by atoms with E-state index in [1.54, 1.807) is 38.5 Å². The van der Waals surface area contributed by atoms with Gasteiger partial charge in [0.05, 0.1) is 25.2 Å². The topological polar surface area (TPSA) is 93.7 Å². The fraction of sp³-hybridized carbons (Fsp3) is 0.296. The Morgan fingerprint density at radius 3 is 2.17 bits per heavy atom. The van der Waals surface area contributed by atoms with E-state index in [2.05, 4.69) is 10.0 Å². The van der Waals surface area contributed by atoms with Crippen LogP contribution in [-0.4, -0.2) is 35.1 Å². The molecule has 0 aliphatic rings. The number of methoxy groups -OCH3 is 2. The Morgan fingerprint density at radius 2 is 1.51 bits per heavy atom. The predicted molar refractivity (Wildman–Crippen MR) is 136 cm³/mol. The number of hydrogen-bond acceptors (Lipinski definition) is 5. The smallest absolute Gasteiger partial charge is 0.240 e. The second kappa shape index (κ2) is 12.4. The van der Waals surface area contributed by atoms with Gasteiger partial charge in [-0.2, -0.15) is 0 Å². The number of nitrogens with one attached hydrogen (secondary N) is 2. The van der Waals surface area contributed by atoms with Gasteiger partial charge in [0.2, 0.25) is 15.9 Å². The molecule has 0 aliphatic carbocycles. The van der Waals surface area contributed by atoms with Gasteiger partial charge in [0.25, 0.3) is 0 Å². The minimum Gasteiger partial charge on any atom is -0.493 e. The van der Waals surface area contributed by atoms with Crippen molar-refractivity contribution >= 4 is 15.9 Å².